The number of fused-ring (bicyclic) bond motifs is 1. The van der Waals surface area contributed by atoms with Crippen molar-refractivity contribution in [3.8, 4) is 22.8 Å². The van der Waals surface area contributed by atoms with Crippen molar-refractivity contribution in [1.82, 2.24) is 14.8 Å². The van der Waals surface area contributed by atoms with Gasteiger partial charge in [0.25, 0.3) is 0 Å². The number of hydrogen-bond donors (Lipinski definition) is 0. The Bertz CT molecular complexity index is 1400. The Morgan fingerprint density at radius 3 is 2.44 bits per heavy atom. The molecule has 9 nitrogen and oxygen atoms in total. The van der Waals surface area contributed by atoms with E-state index in [2.05, 4.69) is 4.90 Å². The Balaban J connectivity index is 1.55. The molecule has 0 spiro atoms. The second-order valence-corrected chi connectivity index (χ2v) is 11.5. The number of methoxy groups -OCH3 is 1. The number of aromatic nitrogens is 1. The molecule has 1 fully saturated rings. The van der Waals surface area contributed by atoms with Crippen LogP contribution in [0.25, 0.3) is 22.2 Å². The van der Waals surface area contributed by atoms with Crippen molar-refractivity contribution >= 4 is 28.6 Å². The number of benzene rings is 2. The highest BCUT2D eigenvalue weighted by atomic mass is 19.1. The number of halogens is 1. The van der Waals surface area contributed by atoms with E-state index in [-0.39, 0.29) is 17.6 Å². The molecule has 0 bridgehead atoms. The van der Waals surface area contributed by atoms with Gasteiger partial charge in [0, 0.05) is 56.9 Å². The second kappa shape index (κ2) is 12.2. The monoisotopic (exact) mass is 566 g/mol. The minimum Gasteiger partial charge on any atom is -0.494 e. The van der Waals surface area contributed by atoms with Gasteiger partial charge in [0.2, 0.25) is 5.91 Å². The van der Waals surface area contributed by atoms with E-state index in [1.807, 2.05) is 51.1 Å². The number of pyridine rings is 1. The van der Waals surface area contributed by atoms with Crippen LogP contribution in [0.4, 0.5) is 14.9 Å². The van der Waals surface area contributed by atoms with Gasteiger partial charge in [-0.05, 0) is 63.6 Å². The number of amides is 2. The van der Waals surface area contributed by atoms with E-state index < -0.39 is 17.5 Å². The summed E-state index contributed by atoms with van der Waals surface area (Å²) in [6.45, 7) is 7.39. The zero-order chi connectivity index (χ0) is 29.9. The van der Waals surface area contributed by atoms with Crippen LogP contribution in [0.3, 0.4) is 0 Å². The highest BCUT2D eigenvalue weighted by Crippen LogP contribution is 2.37. The van der Waals surface area contributed by atoms with E-state index in [0.717, 1.165) is 17.7 Å². The van der Waals surface area contributed by atoms with Gasteiger partial charge in [0.15, 0.2) is 11.6 Å². The fraction of sp³-hybridized carbons (Fsp3) is 0.452. The molecule has 0 N–H and O–H groups in total. The summed E-state index contributed by atoms with van der Waals surface area (Å²) >= 11 is 0. The van der Waals surface area contributed by atoms with Crippen LogP contribution in [-0.4, -0.2) is 86.9 Å². The van der Waals surface area contributed by atoms with Crippen LogP contribution in [0.2, 0.25) is 0 Å². The summed E-state index contributed by atoms with van der Waals surface area (Å²) in [6.07, 6.45) is 0.325. The van der Waals surface area contributed by atoms with Gasteiger partial charge in [-0.3, -0.25) is 4.79 Å². The Kier molecular flexibility index (Phi) is 8.89. The van der Waals surface area contributed by atoms with Gasteiger partial charge in [-0.2, -0.15) is 0 Å². The van der Waals surface area contributed by atoms with Crippen LogP contribution in [0.1, 0.15) is 27.2 Å². The van der Waals surface area contributed by atoms with Crippen LogP contribution in [0, 0.1) is 11.7 Å². The lowest BCUT2D eigenvalue weighted by Gasteiger charge is -2.24. The van der Waals surface area contributed by atoms with Gasteiger partial charge in [-0.1, -0.05) is 0 Å². The molecule has 0 radical (unpaired) electrons. The molecule has 2 amide bonds. The van der Waals surface area contributed by atoms with Crippen molar-refractivity contribution in [2.24, 2.45) is 5.92 Å². The lowest BCUT2D eigenvalue weighted by molar-refractivity contribution is -0.132. The number of rotatable bonds is 8. The molecule has 1 atom stereocenters. The number of carbonyl (C=O) groups excluding carboxylic acids is 2. The third kappa shape index (κ3) is 7.17. The fourth-order valence-electron chi connectivity index (χ4n) is 4.77. The number of carbonyl (C=O) groups is 2. The topological polar surface area (TPSA) is 84.4 Å². The van der Waals surface area contributed by atoms with E-state index in [0.29, 0.717) is 48.6 Å². The number of hydrogen-bond acceptors (Lipinski definition) is 7. The van der Waals surface area contributed by atoms with Crippen molar-refractivity contribution in [2.75, 3.05) is 59.4 Å². The summed E-state index contributed by atoms with van der Waals surface area (Å²) in [4.78, 5) is 34.8. The van der Waals surface area contributed by atoms with Crippen LogP contribution in [-0.2, 0) is 9.53 Å². The Hall–Kier alpha value is -4.08. The first-order chi connectivity index (χ1) is 19.4. The first kappa shape index (κ1) is 29.9. The molecule has 0 aliphatic carbocycles. The molecule has 2 heterocycles. The average molecular weight is 567 g/mol. The van der Waals surface area contributed by atoms with Gasteiger partial charge >= 0.3 is 6.09 Å². The maximum Gasteiger partial charge on any atom is 0.410 e. The van der Waals surface area contributed by atoms with Crippen LogP contribution in [0.15, 0.2) is 42.5 Å². The van der Waals surface area contributed by atoms with E-state index in [9.17, 15) is 14.0 Å². The third-order valence-electron chi connectivity index (χ3n) is 6.93. The van der Waals surface area contributed by atoms with E-state index >= 15 is 0 Å². The second-order valence-electron chi connectivity index (χ2n) is 11.5. The fourth-order valence-corrected chi connectivity index (χ4v) is 4.77. The van der Waals surface area contributed by atoms with Gasteiger partial charge in [-0.15, -0.1) is 0 Å². The number of nitrogens with zero attached hydrogens (tertiary/aromatic N) is 4. The highest BCUT2D eigenvalue weighted by molar-refractivity contribution is 5.95. The molecular formula is C31H39FN4O5. The largest absolute Gasteiger partial charge is 0.494 e. The Labute approximate surface area is 240 Å². The van der Waals surface area contributed by atoms with Crippen LogP contribution < -0.4 is 14.4 Å². The molecule has 41 heavy (non-hydrogen) atoms. The number of ether oxygens (including phenoxy) is 3. The lowest BCUT2D eigenvalue weighted by atomic mass is 10.1. The van der Waals surface area contributed by atoms with Gasteiger partial charge < -0.3 is 28.9 Å². The average Bonchev–Trinajstić information content (AvgIpc) is 3.41. The Morgan fingerprint density at radius 2 is 1.80 bits per heavy atom. The van der Waals surface area contributed by atoms with Gasteiger partial charge in [-0.25, -0.2) is 14.2 Å². The maximum atomic E-state index is 14.8. The number of likely N-dealkylation sites (N-methyl/N-ethyl adjacent to an activating group) is 1. The van der Waals surface area contributed by atoms with E-state index in [4.69, 9.17) is 19.2 Å². The molecule has 220 valence electrons. The SMILES string of the molecule is COc1cc2nc(-c3ccc(OCCN(C)C(=O)OC(C)(C)C)cc3)cc(N3CCC(C(=O)N(C)C)C3)c2cc1F. The standard InChI is InChI=1S/C31H39FN4O5/c1-31(2,3)41-30(38)35(6)14-15-40-22-10-8-20(9-11-22)25-17-27(36-13-12-21(19-36)29(37)34(4)5)23-16-24(32)28(39-7)18-26(23)33-25/h8-11,16-18,21H,12-15,19H2,1-7H3. The van der Waals surface area contributed by atoms with Crippen LogP contribution >= 0.6 is 0 Å². The summed E-state index contributed by atoms with van der Waals surface area (Å²) in [5, 5.41) is 0.666. The predicted molar refractivity (Wildman–Crippen MR) is 157 cm³/mol. The molecule has 1 unspecified atom stereocenters. The molecular weight excluding hydrogens is 527 g/mol. The minimum absolute atomic E-state index is 0.0896. The highest BCUT2D eigenvalue weighted by Gasteiger charge is 2.31. The number of anilines is 1. The molecule has 4 rings (SSSR count). The van der Waals surface area contributed by atoms with Crippen molar-refractivity contribution in [2.45, 2.75) is 32.8 Å². The lowest BCUT2D eigenvalue weighted by Crippen LogP contribution is -2.36. The first-order valence-electron chi connectivity index (χ1n) is 13.7. The van der Waals surface area contributed by atoms with Crippen molar-refractivity contribution < 1.29 is 28.2 Å². The summed E-state index contributed by atoms with van der Waals surface area (Å²) < 4.78 is 31.2. The summed E-state index contributed by atoms with van der Waals surface area (Å²) in [6, 6.07) is 12.5. The van der Waals surface area contributed by atoms with Crippen molar-refractivity contribution in [3.63, 3.8) is 0 Å². The molecule has 3 aromatic rings. The molecule has 10 heteroatoms. The molecule has 2 aromatic carbocycles. The molecule has 0 saturated carbocycles. The third-order valence-corrected chi connectivity index (χ3v) is 6.93. The smallest absolute Gasteiger partial charge is 0.410 e. The van der Waals surface area contributed by atoms with Gasteiger partial charge in [0.05, 0.1) is 30.8 Å². The quantitative estimate of drug-likeness (QED) is 0.370. The van der Waals surface area contributed by atoms with Gasteiger partial charge in [0.1, 0.15) is 18.0 Å². The molecule has 1 aliphatic heterocycles. The summed E-state index contributed by atoms with van der Waals surface area (Å²) in [5.41, 5.74) is 2.43. The summed E-state index contributed by atoms with van der Waals surface area (Å²) in [5.74, 6) is 0.281. The van der Waals surface area contributed by atoms with Crippen LogP contribution in [0.5, 0.6) is 11.5 Å². The van der Waals surface area contributed by atoms with Crippen molar-refractivity contribution in [1.29, 1.82) is 0 Å². The minimum atomic E-state index is -0.557. The molecule has 1 aromatic heterocycles. The van der Waals surface area contributed by atoms with E-state index in [1.54, 1.807) is 32.1 Å². The maximum absolute atomic E-state index is 14.8. The first-order valence-corrected chi connectivity index (χ1v) is 13.7. The zero-order valence-electron chi connectivity index (χ0n) is 24.9. The predicted octanol–water partition coefficient (Wildman–Crippen LogP) is 5.21. The van der Waals surface area contributed by atoms with Crippen molar-refractivity contribution in [3.05, 3.63) is 48.3 Å². The Morgan fingerprint density at radius 1 is 1.10 bits per heavy atom. The van der Waals surface area contributed by atoms with E-state index in [1.165, 1.54) is 18.1 Å². The molecule has 1 aliphatic rings. The molecule has 1 saturated heterocycles. The normalized spacial score (nSPS) is 15.1. The zero-order valence-corrected chi connectivity index (χ0v) is 24.9. The summed E-state index contributed by atoms with van der Waals surface area (Å²) in [7, 11) is 6.62.